The molecule has 0 radical (unpaired) electrons. The summed E-state index contributed by atoms with van der Waals surface area (Å²) in [5, 5.41) is 8.76. The third-order valence-electron chi connectivity index (χ3n) is 2.69. The van der Waals surface area contributed by atoms with Crippen molar-refractivity contribution in [2.45, 2.75) is 6.54 Å². The maximum Gasteiger partial charge on any atom is 0.323 e. The molecule has 98 valence electrons. The molecule has 0 aliphatic rings. The van der Waals surface area contributed by atoms with E-state index in [-0.39, 0.29) is 12.1 Å². The van der Waals surface area contributed by atoms with Crippen LogP contribution in [-0.2, 0) is 11.3 Å². The highest BCUT2D eigenvalue weighted by atomic mass is 16.5. The molecule has 1 N–H and O–H groups in total. The van der Waals surface area contributed by atoms with Crippen LogP contribution in [0.2, 0.25) is 0 Å². The van der Waals surface area contributed by atoms with E-state index in [2.05, 4.69) is 0 Å². The van der Waals surface area contributed by atoms with E-state index < -0.39 is 5.97 Å². The standard InChI is InChI=1S/C14H13NO4/c1-19-12-4-2-3-10(7-12)11-5-6-13(16)15(8-11)9-14(17)18/h2-8H,9H2,1H3,(H,17,18). The average Bonchev–Trinajstić information content (AvgIpc) is 2.41. The number of hydrogen-bond acceptors (Lipinski definition) is 3. The summed E-state index contributed by atoms with van der Waals surface area (Å²) < 4.78 is 6.30. The number of benzene rings is 1. The predicted molar refractivity (Wildman–Crippen MR) is 70.3 cm³/mol. The van der Waals surface area contributed by atoms with Crippen LogP contribution in [0.4, 0.5) is 0 Å². The molecule has 0 fully saturated rings. The van der Waals surface area contributed by atoms with E-state index in [0.717, 1.165) is 15.7 Å². The molecule has 0 aliphatic heterocycles. The van der Waals surface area contributed by atoms with E-state index in [1.165, 1.54) is 12.3 Å². The third kappa shape index (κ3) is 3.01. The molecule has 5 nitrogen and oxygen atoms in total. The summed E-state index contributed by atoms with van der Waals surface area (Å²) in [4.78, 5) is 22.2. The maximum absolute atomic E-state index is 11.5. The van der Waals surface area contributed by atoms with Gasteiger partial charge in [-0.2, -0.15) is 0 Å². The third-order valence-corrected chi connectivity index (χ3v) is 2.69. The first kappa shape index (κ1) is 12.9. The zero-order valence-corrected chi connectivity index (χ0v) is 10.4. The fourth-order valence-corrected chi connectivity index (χ4v) is 1.77. The number of nitrogens with zero attached hydrogens (tertiary/aromatic N) is 1. The highest BCUT2D eigenvalue weighted by Gasteiger charge is 2.05. The van der Waals surface area contributed by atoms with Gasteiger partial charge in [0.1, 0.15) is 12.3 Å². The first-order chi connectivity index (χ1) is 9.10. The molecular weight excluding hydrogens is 246 g/mol. The molecule has 1 aromatic carbocycles. The largest absolute Gasteiger partial charge is 0.497 e. The molecule has 1 aromatic heterocycles. The van der Waals surface area contributed by atoms with Gasteiger partial charge >= 0.3 is 5.97 Å². The number of pyridine rings is 1. The summed E-state index contributed by atoms with van der Waals surface area (Å²) in [6, 6.07) is 10.4. The Morgan fingerprint density at radius 2 is 2.05 bits per heavy atom. The van der Waals surface area contributed by atoms with Crippen molar-refractivity contribution in [3.05, 3.63) is 52.9 Å². The van der Waals surface area contributed by atoms with Gasteiger partial charge in [-0.1, -0.05) is 12.1 Å². The highest BCUT2D eigenvalue weighted by molar-refractivity contribution is 5.68. The Labute approximate surface area is 109 Å². The Balaban J connectivity index is 2.44. The topological polar surface area (TPSA) is 68.5 Å². The lowest BCUT2D eigenvalue weighted by molar-refractivity contribution is -0.137. The summed E-state index contributed by atoms with van der Waals surface area (Å²) in [6.07, 6.45) is 1.53. The molecule has 5 heteroatoms. The van der Waals surface area contributed by atoms with Crippen LogP contribution in [0.15, 0.2) is 47.4 Å². The van der Waals surface area contributed by atoms with Gasteiger partial charge in [0.2, 0.25) is 0 Å². The Bertz CT molecular complexity index is 660. The Morgan fingerprint density at radius 3 is 2.74 bits per heavy atom. The molecule has 19 heavy (non-hydrogen) atoms. The Hall–Kier alpha value is -2.56. The molecule has 0 bridgehead atoms. The number of hydrogen-bond donors (Lipinski definition) is 1. The molecule has 0 unspecified atom stereocenters. The van der Waals surface area contributed by atoms with Gasteiger partial charge in [-0.25, -0.2) is 0 Å². The van der Waals surface area contributed by atoms with E-state index in [9.17, 15) is 9.59 Å². The number of carboxylic acids is 1. The lowest BCUT2D eigenvalue weighted by Crippen LogP contribution is -2.22. The van der Waals surface area contributed by atoms with Crippen LogP contribution < -0.4 is 10.3 Å². The summed E-state index contributed by atoms with van der Waals surface area (Å²) >= 11 is 0. The van der Waals surface area contributed by atoms with Gasteiger partial charge in [0.05, 0.1) is 7.11 Å². The quantitative estimate of drug-likeness (QED) is 0.905. The van der Waals surface area contributed by atoms with Gasteiger partial charge in [-0.3, -0.25) is 9.59 Å². The van der Waals surface area contributed by atoms with E-state index in [1.54, 1.807) is 13.2 Å². The summed E-state index contributed by atoms with van der Waals surface area (Å²) in [6.45, 7) is -0.351. The van der Waals surface area contributed by atoms with E-state index in [1.807, 2.05) is 24.3 Å². The van der Waals surface area contributed by atoms with Gasteiger partial charge in [0.25, 0.3) is 5.56 Å². The van der Waals surface area contributed by atoms with Crippen LogP contribution in [0, 0.1) is 0 Å². The maximum atomic E-state index is 11.5. The SMILES string of the molecule is COc1cccc(-c2ccc(=O)n(CC(=O)O)c2)c1. The van der Waals surface area contributed by atoms with Gasteiger partial charge in [-0.05, 0) is 29.3 Å². The average molecular weight is 259 g/mol. The first-order valence-electron chi connectivity index (χ1n) is 5.67. The summed E-state index contributed by atoms with van der Waals surface area (Å²) in [7, 11) is 1.57. The van der Waals surface area contributed by atoms with Crippen LogP contribution >= 0.6 is 0 Å². The van der Waals surface area contributed by atoms with Gasteiger partial charge in [0, 0.05) is 12.3 Å². The Morgan fingerprint density at radius 1 is 1.26 bits per heavy atom. The van der Waals surface area contributed by atoms with Crippen molar-refractivity contribution < 1.29 is 14.6 Å². The molecule has 0 saturated heterocycles. The minimum Gasteiger partial charge on any atom is -0.497 e. The second kappa shape index (κ2) is 5.39. The fraction of sp³-hybridized carbons (Fsp3) is 0.143. The summed E-state index contributed by atoms with van der Waals surface area (Å²) in [5.74, 6) is -0.349. The molecule has 0 atom stereocenters. The second-order valence-electron chi connectivity index (χ2n) is 4.01. The molecule has 2 rings (SSSR count). The highest BCUT2D eigenvalue weighted by Crippen LogP contribution is 2.22. The minimum atomic E-state index is -1.05. The number of aromatic nitrogens is 1. The minimum absolute atomic E-state index is 0.339. The molecular formula is C14H13NO4. The van der Waals surface area contributed by atoms with Crippen LogP contribution in [0.25, 0.3) is 11.1 Å². The molecule has 0 amide bonds. The van der Waals surface area contributed by atoms with Crippen molar-refractivity contribution in [2.75, 3.05) is 7.11 Å². The smallest absolute Gasteiger partial charge is 0.323 e. The van der Waals surface area contributed by atoms with E-state index in [0.29, 0.717) is 5.75 Å². The molecule has 0 saturated carbocycles. The summed E-state index contributed by atoms with van der Waals surface area (Å²) in [5.41, 5.74) is 1.28. The number of rotatable bonds is 4. The van der Waals surface area contributed by atoms with Crippen molar-refractivity contribution in [1.29, 1.82) is 0 Å². The fourth-order valence-electron chi connectivity index (χ4n) is 1.77. The van der Waals surface area contributed by atoms with Gasteiger partial charge in [0.15, 0.2) is 0 Å². The zero-order valence-electron chi connectivity index (χ0n) is 10.4. The molecule has 1 heterocycles. The van der Waals surface area contributed by atoms with E-state index in [4.69, 9.17) is 9.84 Å². The molecule has 2 aromatic rings. The Kier molecular flexibility index (Phi) is 3.66. The van der Waals surface area contributed by atoms with Crippen LogP contribution in [0.1, 0.15) is 0 Å². The monoisotopic (exact) mass is 259 g/mol. The second-order valence-corrected chi connectivity index (χ2v) is 4.01. The predicted octanol–water partition coefficient (Wildman–Crippen LogP) is 1.61. The molecule has 0 spiro atoms. The van der Waals surface area contributed by atoms with Crippen LogP contribution in [-0.4, -0.2) is 22.8 Å². The number of methoxy groups -OCH3 is 1. The van der Waals surface area contributed by atoms with Crippen molar-refractivity contribution in [1.82, 2.24) is 4.57 Å². The number of ether oxygens (including phenoxy) is 1. The lowest BCUT2D eigenvalue weighted by Gasteiger charge is -2.07. The number of carboxylic acid groups (broad SMARTS) is 1. The van der Waals surface area contributed by atoms with Crippen molar-refractivity contribution >= 4 is 5.97 Å². The number of carbonyl (C=O) groups is 1. The number of aliphatic carboxylic acids is 1. The van der Waals surface area contributed by atoms with Crippen molar-refractivity contribution in [2.24, 2.45) is 0 Å². The van der Waals surface area contributed by atoms with E-state index >= 15 is 0 Å². The first-order valence-corrected chi connectivity index (χ1v) is 5.67. The van der Waals surface area contributed by atoms with Crippen LogP contribution in [0.5, 0.6) is 5.75 Å². The molecule has 0 aliphatic carbocycles. The van der Waals surface area contributed by atoms with Crippen molar-refractivity contribution in [3.8, 4) is 16.9 Å². The van der Waals surface area contributed by atoms with Gasteiger partial charge in [-0.15, -0.1) is 0 Å². The van der Waals surface area contributed by atoms with Gasteiger partial charge < -0.3 is 14.4 Å². The lowest BCUT2D eigenvalue weighted by atomic mass is 10.1. The van der Waals surface area contributed by atoms with Crippen molar-refractivity contribution in [3.63, 3.8) is 0 Å². The van der Waals surface area contributed by atoms with Crippen LogP contribution in [0.3, 0.4) is 0 Å². The zero-order chi connectivity index (χ0) is 13.8. The normalized spacial score (nSPS) is 10.2.